The third-order valence-corrected chi connectivity index (χ3v) is 7.69. The molecule has 1 aromatic carbocycles. The maximum Gasteiger partial charge on any atom is 0.337 e. The first-order valence-corrected chi connectivity index (χ1v) is 13.4. The number of esters is 1. The van der Waals surface area contributed by atoms with E-state index < -0.39 is 5.97 Å². The van der Waals surface area contributed by atoms with Crippen molar-refractivity contribution >= 4 is 29.2 Å². The van der Waals surface area contributed by atoms with E-state index in [-0.39, 0.29) is 24.7 Å². The van der Waals surface area contributed by atoms with Gasteiger partial charge in [0.25, 0.3) is 0 Å². The number of amidine groups is 1. The summed E-state index contributed by atoms with van der Waals surface area (Å²) in [5, 5.41) is 15.2. The summed E-state index contributed by atoms with van der Waals surface area (Å²) in [6, 6.07) is 7.12. The van der Waals surface area contributed by atoms with Crippen LogP contribution in [0.2, 0.25) is 0 Å². The number of ether oxygens (including phenoxy) is 1. The number of benzene rings is 1. The predicted molar refractivity (Wildman–Crippen MR) is 143 cm³/mol. The number of hydrogen-bond donors (Lipinski definition) is 2. The monoisotopic (exact) mass is 534 g/mol. The zero-order valence-electron chi connectivity index (χ0n) is 21.4. The quantitative estimate of drug-likeness (QED) is 0.424. The number of piperazine rings is 1. The van der Waals surface area contributed by atoms with E-state index in [1.807, 2.05) is 41.5 Å². The van der Waals surface area contributed by atoms with Crippen molar-refractivity contribution in [2.45, 2.75) is 25.6 Å². The molecule has 0 aliphatic carbocycles. The van der Waals surface area contributed by atoms with Crippen LogP contribution in [0.1, 0.15) is 23.1 Å². The fraction of sp³-hybridized carbons (Fsp3) is 0.407. The summed E-state index contributed by atoms with van der Waals surface area (Å²) in [6.45, 7) is 5.35. The topological polar surface area (TPSA) is 111 Å². The van der Waals surface area contributed by atoms with Crippen molar-refractivity contribution in [1.82, 2.24) is 25.0 Å². The van der Waals surface area contributed by atoms with Crippen molar-refractivity contribution in [1.29, 1.82) is 0 Å². The predicted octanol–water partition coefficient (Wildman–Crippen LogP) is 1.27. The molecule has 4 heterocycles. The Morgan fingerprint density at radius 3 is 2.79 bits per heavy atom. The molecule has 2 fully saturated rings. The third kappa shape index (κ3) is 5.43. The van der Waals surface area contributed by atoms with Gasteiger partial charge in [-0.25, -0.2) is 14.6 Å². The van der Waals surface area contributed by atoms with Gasteiger partial charge in [-0.3, -0.25) is 9.89 Å². The van der Waals surface area contributed by atoms with Crippen molar-refractivity contribution in [3.05, 3.63) is 63.2 Å². The van der Waals surface area contributed by atoms with Gasteiger partial charge in [0, 0.05) is 55.6 Å². The zero-order chi connectivity index (χ0) is 26.6. The summed E-state index contributed by atoms with van der Waals surface area (Å²) < 4.78 is 5.06. The molecule has 11 heteroatoms. The molecule has 3 aliphatic heterocycles. The first kappa shape index (κ1) is 25.9. The van der Waals surface area contributed by atoms with Gasteiger partial charge >= 0.3 is 12.0 Å². The summed E-state index contributed by atoms with van der Waals surface area (Å²) in [6.07, 6.45) is 1.73. The van der Waals surface area contributed by atoms with Crippen LogP contribution in [0.5, 0.6) is 0 Å². The van der Waals surface area contributed by atoms with E-state index in [0.29, 0.717) is 50.7 Å². The first-order valence-electron chi connectivity index (χ1n) is 12.5. The number of aliphatic hydroxyl groups is 1. The van der Waals surface area contributed by atoms with Gasteiger partial charge in [-0.15, -0.1) is 11.3 Å². The normalized spacial score (nSPS) is 21.4. The van der Waals surface area contributed by atoms with E-state index in [1.165, 1.54) is 18.4 Å². The molecule has 10 nitrogen and oxygen atoms in total. The number of aliphatic hydroxyl groups excluding tert-OH is 1. The lowest BCUT2D eigenvalue weighted by Gasteiger charge is -2.37. The highest BCUT2D eigenvalue weighted by molar-refractivity contribution is 7.11. The fourth-order valence-corrected chi connectivity index (χ4v) is 5.59. The Morgan fingerprint density at radius 1 is 1.26 bits per heavy atom. The van der Waals surface area contributed by atoms with Gasteiger partial charge in [0.05, 0.1) is 37.9 Å². The fourth-order valence-electron chi connectivity index (χ4n) is 5.00. The number of nitrogens with one attached hydrogen (secondary N) is 1. The average molecular weight is 535 g/mol. The molecule has 5 rings (SSSR count). The molecule has 0 saturated carbocycles. The average Bonchev–Trinajstić information content (AvgIpc) is 3.57. The zero-order valence-corrected chi connectivity index (χ0v) is 22.2. The second-order valence-electron chi connectivity index (χ2n) is 9.40. The van der Waals surface area contributed by atoms with Crippen LogP contribution < -0.4 is 5.32 Å². The molecule has 0 spiro atoms. The van der Waals surface area contributed by atoms with Crippen LogP contribution in [0.4, 0.5) is 4.79 Å². The van der Waals surface area contributed by atoms with Crippen LogP contribution in [0.3, 0.4) is 0 Å². The van der Waals surface area contributed by atoms with Crippen LogP contribution in [-0.4, -0.2) is 101 Å². The molecule has 2 atom stereocenters. The molecular weight excluding hydrogens is 504 g/mol. The van der Waals surface area contributed by atoms with Gasteiger partial charge in [-0.1, -0.05) is 24.0 Å². The number of carbonyl (C=O) groups is 2. The second-order valence-corrected chi connectivity index (χ2v) is 10.3. The number of carbonyl (C=O) groups excluding carboxylic acids is 2. The molecule has 2 amide bonds. The maximum absolute atomic E-state index is 13.0. The van der Waals surface area contributed by atoms with Crippen LogP contribution in [0.25, 0.3) is 0 Å². The number of nitrogens with zero attached hydrogens (tertiary/aromatic N) is 5. The van der Waals surface area contributed by atoms with Crippen molar-refractivity contribution in [3.63, 3.8) is 0 Å². The number of urea groups is 1. The highest BCUT2D eigenvalue weighted by Gasteiger charge is 2.41. The molecule has 0 unspecified atom stereocenters. The molecule has 38 heavy (non-hydrogen) atoms. The summed E-state index contributed by atoms with van der Waals surface area (Å²) >= 11 is 1.49. The Hall–Kier alpha value is -3.72. The molecule has 2 aromatic rings. The van der Waals surface area contributed by atoms with Gasteiger partial charge < -0.3 is 25.0 Å². The lowest BCUT2D eigenvalue weighted by atomic mass is 10.0. The minimum absolute atomic E-state index is 0.00119. The van der Waals surface area contributed by atoms with E-state index in [4.69, 9.17) is 4.74 Å². The second kappa shape index (κ2) is 11.3. The minimum atomic E-state index is -0.396. The molecular formula is C27H30N6O4S. The van der Waals surface area contributed by atoms with E-state index in [1.54, 1.807) is 11.1 Å². The number of aromatic nitrogens is 1. The Bertz CT molecular complexity index is 1310. The molecule has 2 N–H and O–H groups in total. The number of amides is 2. The lowest BCUT2D eigenvalue weighted by Crippen LogP contribution is -2.53. The van der Waals surface area contributed by atoms with Crippen LogP contribution in [-0.2, 0) is 16.1 Å². The summed E-state index contributed by atoms with van der Waals surface area (Å²) in [5.41, 5.74) is 2.96. The first-order chi connectivity index (χ1) is 18.5. The number of methoxy groups -OCH3 is 1. The van der Waals surface area contributed by atoms with Crippen LogP contribution in [0, 0.1) is 11.8 Å². The maximum atomic E-state index is 13.0. The Balaban J connectivity index is 1.24. The van der Waals surface area contributed by atoms with Gasteiger partial charge in [0.1, 0.15) is 0 Å². The van der Waals surface area contributed by atoms with E-state index >= 15 is 0 Å². The van der Waals surface area contributed by atoms with Crippen molar-refractivity contribution < 1.29 is 19.4 Å². The van der Waals surface area contributed by atoms with Crippen LogP contribution >= 0.6 is 11.3 Å². The highest BCUT2D eigenvalue weighted by Crippen LogP contribution is 2.24. The van der Waals surface area contributed by atoms with Gasteiger partial charge in [0.15, 0.2) is 10.8 Å². The van der Waals surface area contributed by atoms with Gasteiger partial charge in [-0.2, -0.15) is 0 Å². The number of hydrogen-bond acceptors (Lipinski definition) is 9. The summed E-state index contributed by atoms with van der Waals surface area (Å²) in [5.74, 6) is 6.47. The lowest BCUT2D eigenvalue weighted by molar-refractivity contribution is -0.136. The third-order valence-electron chi connectivity index (χ3n) is 6.91. The Morgan fingerprint density at radius 2 is 2.08 bits per heavy atom. The molecule has 198 valence electrons. The SMILES string of the molecule is COC(=O)C1=C(CN2CCN3C(=O)N(CC#Cc4ccc(CO)cc4)C[C@@H]3C2)NC(c2nccs2)=N[C@H]1C. The molecule has 1 aromatic heterocycles. The standard InChI is InChI=1S/C27H30N6O4S/c1-18-23(26(35)37-2)22(30-24(29-18)25-28-9-13-38-25)16-31-11-12-33-21(14-31)15-32(27(33)36)10-3-4-19-5-7-20(17-34)8-6-19/h5-9,13,18,21,34H,10-12,14-17H2,1-2H3,(H,29,30)/t18-,21-/m0/s1. The number of rotatable bonds is 6. The largest absolute Gasteiger partial charge is 0.466 e. The minimum Gasteiger partial charge on any atom is -0.466 e. The Kier molecular flexibility index (Phi) is 7.74. The number of thiazole rings is 1. The smallest absolute Gasteiger partial charge is 0.337 e. The summed E-state index contributed by atoms with van der Waals surface area (Å²) in [7, 11) is 1.38. The van der Waals surface area contributed by atoms with E-state index in [2.05, 4.69) is 32.0 Å². The Labute approximate surface area is 225 Å². The number of aliphatic imine (C=N–C) groups is 1. The van der Waals surface area contributed by atoms with Crippen molar-refractivity contribution in [3.8, 4) is 11.8 Å². The molecule has 3 aliphatic rings. The van der Waals surface area contributed by atoms with E-state index in [9.17, 15) is 14.7 Å². The van der Waals surface area contributed by atoms with Crippen molar-refractivity contribution in [2.24, 2.45) is 4.99 Å². The van der Waals surface area contributed by atoms with Gasteiger partial charge in [0.2, 0.25) is 0 Å². The molecule has 0 radical (unpaired) electrons. The molecule has 2 saturated heterocycles. The van der Waals surface area contributed by atoms with E-state index in [0.717, 1.165) is 21.8 Å². The van der Waals surface area contributed by atoms with Crippen LogP contribution in [0.15, 0.2) is 52.1 Å². The van der Waals surface area contributed by atoms with Gasteiger partial charge in [-0.05, 0) is 24.6 Å². The molecule has 0 bridgehead atoms. The highest BCUT2D eigenvalue weighted by atomic mass is 32.1. The summed E-state index contributed by atoms with van der Waals surface area (Å²) in [4.78, 5) is 40.6. The van der Waals surface area contributed by atoms with Crippen molar-refractivity contribution in [2.75, 3.05) is 46.4 Å². The number of fused-ring (bicyclic) bond motifs is 1.